The molecule has 0 atom stereocenters. The molecular formula is C25H25F2N5O5. The smallest absolute Gasteiger partial charge is 0.324 e. The van der Waals surface area contributed by atoms with Crippen LogP contribution < -0.4 is 24.8 Å². The van der Waals surface area contributed by atoms with E-state index in [1.165, 1.54) is 40.5 Å². The summed E-state index contributed by atoms with van der Waals surface area (Å²) in [5.74, 6) is -1.45. The number of nitrogens with zero attached hydrogens (tertiary/aromatic N) is 3. The molecule has 0 aliphatic heterocycles. The molecule has 2 aromatic carbocycles. The highest BCUT2D eigenvalue weighted by Crippen LogP contribution is 2.40. The third kappa shape index (κ3) is 5.37. The van der Waals surface area contributed by atoms with Crippen LogP contribution in [0.4, 0.5) is 25.1 Å². The average molecular weight is 514 g/mol. The van der Waals surface area contributed by atoms with E-state index in [4.69, 9.17) is 18.7 Å². The monoisotopic (exact) mass is 513 g/mol. The number of ether oxygens (including phenoxy) is 3. The first-order chi connectivity index (χ1) is 17.5. The number of hydrogen-bond donors (Lipinski definition) is 2. The molecule has 37 heavy (non-hydrogen) atoms. The predicted octanol–water partition coefficient (Wildman–Crippen LogP) is 6.00. The third-order valence-corrected chi connectivity index (χ3v) is 5.88. The minimum atomic E-state index is -3.06. The normalized spacial score (nSPS) is 11.8. The van der Waals surface area contributed by atoms with Crippen LogP contribution in [0.2, 0.25) is 0 Å². The maximum absolute atomic E-state index is 13.9. The molecule has 0 unspecified atom stereocenters. The number of carbonyl (C=O) groups excluding carboxylic acids is 1. The van der Waals surface area contributed by atoms with Gasteiger partial charge in [-0.15, -0.1) is 0 Å². The summed E-state index contributed by atoms with van der Waals surface area (Å²) in [6.45, 7) is 3.45. The topological polar surface area (TPSA) is 121 Å². The zero-order chi connectivity index (χ0) is 26.8. The van der Waals surface area contributed by atoms with Crippen molar-refractivity contribution in [3.63, 3.8) is 0 Å². The van der Waals surface area contributed by atoms with E-state index in [1.807, 2.05) is 0 Å². The SMILES string of the molecule is COc1cc2ncnc(Oc3cccc(NC(=O)Nc4cc(C(C)(C)C(C)(F)F)on4)c3)c2cc1OC. The highest BCUT2D eigenvalue weighted by atomic mass is 19.3. The summed E-state index contributed by atoms with van der Waals surface area (Å²) < 4.78 is 49.4. The number of aromatic nitrogens is 3. The highest BCUT2D eigenvalue weighted by molar-refractivity contribution is 5.99. The molecule has 2 N–H and O–H groups in total. The molecule has 0 aliphatic carbocycles. The number of hydrogen-bond acceptors (Lipinski definition) is 8. The number of methoxy groups -OCH3 is 2. The molecule has 0 fully saturated rings. The van der Waals surface area contributed by atoms with Crippen LogP contribution in [-0.4, -0.2) is 41.3 Å². The van der Waals surface area contributed by atoms with E-state index in [0.29, 0.717) is 33.8 Å². The van der Waals surface area contributed by atoms with Crippen LogP contribution in [0, 0.1) is 0 Å². The summed E-state index contributed by atoms with van der Waals surface area (Å²) in [4.78, 5) is 20.9. The van der Waals surface area contributed by atoms with Crippen LogP contribution >= 0.6 is 0 Å². The van der Waals surface area contributed by atoms with Crippen molar-refractivity contribution in [3.05, 3.63) is 54.6 Å². The van der Waals surface area contributed by atoms with Gasteiger partial charge < -0.3 is 24.1 Å². The summed E-state index contributed by atoms with van der Waals surface area (Å²) in [6, 6.07) is 10.6. The Bertz CT molecular complexity index is 1430. The van der Waals surface area contributed by atoms with Gasteiger partial charge in [0.05, 0.1) is 30.5 Å². The molecule has 2 amide bonds. The zero-order valence-electron chi connectivity index (χ0n) is 20.8. The molecular weight excluding hydrogens is 488 g/mol. The van der Waals surface area contributed by atoms with Crippen molar-refractivity contribution in [1.82, 2.24) is 15.1 Å². The number of benzene rings is 2. The number of rotatable bonds is 8. The first-order valence-electron chi connectivity index (χ1n) is 11.1. The van der Waals surface area contributed by atoms with Gasteiger partial charge in [-0.05, 0) is 32.0 Å². The molecule has 12 heteroatoms. The van der Waals surface area contributed by atoms with Crippen LogP contribution in [0.25, 0.3) is 10.9 Å². The summed E-state index contributed by atoms with van der Waals surface area (Å²) in [6.07, 6.45) is 1.36. The van der Waals surface area contributed by atoms with Crippen molar-refractivity contribution in [2.45, 2.75) is 32.1 Å². The van der Waals surface area contributed by atoms with Gasteiger partial charge in [0.25, 0.3) is 5.92 Å². The summed E-state index contributed by atoms with van der Waals surface area (Å²) in [7, 11) is 3.05. The molecule has 2 heterocycles. The molecule has 10 nitrogen and oxygen atoms in total. The van der Waals surface area contributed by atoms with Crippen molar-refractivity contribution < 1.29 is 32.3 Å². The van der Waals surface area contributed by atoms with E-state index in [-0.39, 0.29) is 17.5 Å². The fraction of sp³-hybridized carbons (Fsp3) is 0.280. The number of anilines is 2. The second kappa shape index (κ2) is 9.88. The van der Waals surface area contributed by atoms with Crippen molar-refractivity contribution in [2.75, 3.05) is 24.9 Å². The number of urea groups is 1. The summed E-state index contributed by atoms with van der Waals surface area (Å²) in [5, 5.41) is 9.36. The average Bonchev–Trinajstić information content (AvgIpc) is 3.32. The van der Waals surface area contributed by atoms with Gasteiger partial charge in [0, 0.05) is 30.8 Å². The Labute approximate surface area is 210 Å². The second-order valence-electron chi connectivity index (χ2n) is 8.70. The summed E-state index contributed by atoms with van der Waals surface area (Å²) >= 11 is 0. The van der Waals surface area contributed by atoms with E-state index in [9.17, 15) is 13.6 Å². The minimum Gasteiger partial charge on any atom is -0.493 e. The molecule has 4 rings (SSSR count). The fourth-order valence-electron chi connectivity index (χ4n) is 3.31. The van der Waals surface area contributed by atoms with Crippen molar-refractivity contribution in [1.29, 1.82) is 0 Å². The Kier molecular flexibility index (Phi) is 6.84. The van der Waals surface area contributed by atoms with E-state index in [0.717, 1.165) is 6.92 Å². The van der Waals surface area contributed by atoms with Crippen LogP contribution in [0.5, 0.6) is 23.1 Å². The van der Waals surface area contributed by atoms with Crippen LogP contribution in [0.3, 0.4) is 0 Å². The van der Waals surface area contributed by atoms with Gasteiger partial charge in [-0.2, -0.15) is 0 Å². The van der Waals surface area contributed by atoms with Gasteiger partial charge in [0.2, 0.25) is 5.88 Å². The Balaban J connectivity index is 1.48. The largest absolute Gasteiger partial charge is 0.493 e. The number of fused-ring (bicyclic) bond motifs is 1. The molecule has 0 bridgehead atoms. The number of alkyl halides is 2. The lowest BCUT2D eigenvalue weighted by molar-refractivity contribution is -0.0563. The minimum absolute atomic E-state index is 0.00550. The first-order valence-corrected chi connectivity index (χ1v) is 11.1. The Morgan fingerprint density at radius 1 is 0.973 bits per heavy atom. The Morgan fingerprint density at radius 3 is 2.41 bits per heavy atom. The molecule has 0 spiro atoms. The number of amides is 2. The molecule has 4 aromatic rings. The second-order valence-corrected chi connectivity index (χ2v) is 8.70. The van der Waals surface area contributed by atoms with Crippen molar-refractivity contribution in [2.24, 2.45) is 0 Å². The fourth-order valence-corrected chi connectivity index (χ4v) is 3.31. The lowest BCUT2D eigenvalue weighted by Crippen LogP contribution is -2.37. The van der Waals surface area contributed by atoms with Crippen LogP contribution in [-0.2, 0) is 5.41 Å². The summed E-state index contributed by atoms with van der Waals surface area (Å²) in [5.41, 5.74) is -0.619. The predicted molar refractivity (Wildman–Crippen MR) is 132 cm³/mol. The van der Waals surface area contributed by atoms with E-state index < -0.39 is 17.4 Å². The van der Waals surface area contributed by atoms with Gasteiger partial charge in [0.15, 0.2) is 23.1 Å². The highest BCUT2D eigenvalue weighted by Gasteiger charge is 2.46. The van der Waals surface area contributed by atoms with Gasteiger partial charge >= 0.3 is 6.03 Å². The van der Waals surface area contributed by atoms with Gasteiger partial charge in [-0.1, -0.05) is 11.2 Å². The van der Waals surface area contributed by atoms with Crippen LogP contribution in [0.15, 0.2) is 53.3 Å². The number of carbonyl (C=O) groups is 1. The van der Waals surface area contributed by atoms with Crippen LogP contribution in [0.1, 0.15) is 26.5 Å². The quantitative estimate of drug-likeness (QED) is 0.294. The van der Waals surface area contributed by atoms with Crippen molar-refractivity contribution in [3.8, 4) is 23.1 Å². The maximum Gasteiger partial charge on any atom is 0.324 e. The van der Waals surface area contributed by atoms with Gasteiger partial charge in [-0.25, -0.2) is 23.5 Å². The molecule has 0 saturated carbocycles. The van der Waals surface area contributed by atoms with Crippen molar-refractivity contribution >= 4 is 28.4 Å². The van der Waals surface area contributed by atoms with Gasteiger partial charge in [-0.3, -0.25) is 5.32 Å². The number of nitrogens with one attached hydrogen (secondary N) is 2. The Morgan fingerprint density at radius 2 is 1.70 bits per heavy atom. The lowest BCUT2D eigenvalue weighted by Gasteiger charge is -2.28. The lowest BCUT2D eigenvalue weighted by atomic mass is 9.84. The zero-order valence-corrected chi connectivity index (χ0v) is 20.8. The van der Waals surface area contributed by atoms with E-state index in [1.54, 1.807) is 36.4 Å². The van der Waals surface area contributed by atoms with E-state index >= 15 is 0 Å². The first kappa shape index (κ1) is 25.6. The number of halogens is 2. The van der Waals surface area contributed by atoms with E-state index in [2.05, 4.69) is 25.8 Å². The van der Waals surface area contributed by atoms with Gasteiger partial charge in [0.1, 0.15) is 12.1 Å². The molecule has 194 valence electrons. The molecule has 0 aliphatic rings. The maximum atomic E-state index is 13.9. The standard InChI is InChI=1S/C25H25F2N5O5/c1-24(2,25(3,26)27)20-12-21(32-37-20)31-23(33)30-14-7-6-8-15(9-14)36-22-16-10-18(34-4)19(35-5)11-17(16)28-13-29-22/h6-13H,1-5H3,(H2,30,31,32,33). The molecule has 0 saturated heterocycles. The Hall–Kier alpha value is -4.48. The molecule has 0 radical (unpaired) electrons. The molecule has 2 aromatic heterocycles. The third-order valence-electron chi connectivity index (χ3n) is 5.88.